The van der Waals surface area contributed by atoms with Crippen LogP contribution in [0, 0.1) is 0 Å². The summed E-state index contributed by atoms with van der Waals surface area (Å²) >= 11 is 0. The van der Waals surface area contributed by atoms with Gasteiger partial charge in [0.15, 0.2) is 0 Å². The molecule has 0 aromatic carbocycles. The molecule has 0 radical (unpaired) electrons. The highest BCUT2D eigenvalue weighted by molar-refractivity contribution is 6.01. The molecule has 1 rings (SSSR count). The van der Waals surface area contributed by atoms with Gasteiger partial charge in [-0.1, -0.05) is 32.6 Å². The number of nitrogens with one attached hydrogen (secondary N) is 1. The Balaban J connectivity index is 2.66. The fraction of sp³-hybridized carbons (Fsp3) is 0.867. The Kier molecular flexibility index (Phi) is 4.99. The Morgan fingerprint density at radius 2 is 1.58 bits per heavy atom. The number of hydrogen-bond donors (Lipinski definition) is 1. The van der Waals surface area contributed by atoms with Gasteiger partial charge >= 0.3 is 0 Å². The van der Waals surface area contributed by atoms with E-state index in [1.165, 1.54) is 19.3 Å². The lowest BCUT2D eigenvalue weighted by Crippen LogP contribution is -2.72. The van der Waals surface area contributed by atoms with Gasteiger partial charge in [0.1, 0.15) is 11.1 Å². The molecule has 1 N–H and O–H groups in total. The molecule has 1 fully saturated rings. The molecule has 0 aliphatic carbocycles. The summed E-state index contributed by atoms with van der Waals surface area (Å²) in [6.45, 7) is 10.0. The average molecular weight is 268 g/mol. The summed E-state index contributed by atoms with van der Waals surface area (Å²) in [7, 11) is 0. The van der Waals surface area contributed by atoms with Crippen LogP contribution in [-0.4, -0.2) is 34.3 Å². The van der Waals surface area contributed by atoms with Gasteiger partial charge < -0.3 is 10.2 Å². The van der Waals surface area contributed by atoms with Crippen molar-refractivity contribution >= 4 is 11.8 Å². The van der Waals surface area contributed by atoms with Gasteiger partial charge in [0.2, 0.25) is 11.8 Å². The van der Waals surface area contributed by atoms with Crippen molar-refractivity contribution in [3.05, 3.63) is 0 Å². The first-order valence-electron chi connectivity index (χ1n) is 7.38. The molecule has 0 aromatic heterocycles. The van der Waals surface area contributed by atoms with Gasteiger partial charge in [-0.25, -0.2) is 0 Å². The molecule has 0 spiro atoms. The van der Waals surface area contributed by atoms with E-state index >= 15 is 0 Å². The van der Waals surface area contributed by atoms with Gasteiger partial charge in [0, 0.05) is 6.54 Å². The highest BCUT2D eigenvalue weighted by Gasteiger charge is 2.49. The van der Waals surface area contributed by atoms with Crippen LogP contribution in [0.1, 0.15) is 66.7 Å². The monoisotopic (exact) mass is 268 g/mol. The van der Waals surface area contributed by atoms with Gasteiger partial charge in [-0.15, -0.1) is 0 Å². The van der Waals surface area contributed by atoms with Crippen molar-refractivity contribution < 1.29 is 9.59 Å². The van der Waals surface area contributed by atoms with Crippen LogP contribution in [0.3, 0.4) is 0 Å². The van der Waals surface area contributed by atoms with Crippen LogP contribution < -0.4 is 5.32 Å². The maximum atomic E-state index is 12.4. The maximum Gasteiger partial charge on any atom is 0.248 e. The van der Waals surface area contributed by atoms with Crippen molar-refractivity contribution in [2.75, 3.05) is 6.54 Å². The van der Waals surface area contributed by atoms with E-state index in [-0.39, 0.29) is 11.8 Å². The Morgan fingerprint density at radius 3 is 2.16 bits per heavy atom. The molecule has 0 aromatic rings. The minimum atomic E-state index is -0.782. The number of piperazine rings is 1. The van der Waals surface area contributed by atoms with Gasteiger partial charge in [-0.2, -0.15) is 0 Å². The summed E-state index contributed by atoms with van der Waals surface area (Å²) in [6.07, 6.45) is 5.75. The minimum Gasteiger partial charge on any atom is -0.340 e. The van der Waals surface area contributed by atoms with Crippen molar-refractivity contribution in [1.82, 2.24) is 10.2 Å². The number of amides is 2. The number of nitrogens with zero attached hydrogens (tertiary/aromatic N) is 1. The maximum absolute atomic E-state index is 12.4. The van der Waals surface area contributed by atoms with E-state index in [9.17, 15) is 9.59 Å². The van der Waals surface area contributed by atoms with Crippen molar-refractivity contribution in [2.45, 2.75) is 77.8 Å². The molecule has 4 heteroatoms. The van der Waals surface area contributed by atoms with Crippen LogP contribution in [0.4, 0.5) is 0 Å². The first-order valence-corrected chi connectivity index (χ1v) is 7.38. The summed E-state index contributed by atoms with van der Waals surface area (Å²) < 4.78 is 0. The molecule has 110 valence electrons. The van der Waals surface area contributed by atoms with Crippen LogP contribution in [-0.2, 0) is 9.59 Å². The zero-order valence-electron chi connectivity index (χ0n) is 13.0. The number of unbranched alkanes of at least 4 members (excludes halogenated alkanes) is 4. The van der Waals surface area contributed by atoms with Gasteiger partial charge in [0.05, 0.1) is 0 Å². The highest BCUT2D eigenvalue weighted by atomic mass is 16.2. The molecule has 2 amide bonds. The van der Waals surface area contributed by atoms with E-state index in [0.29, 0.717) is 6.54 Å². The van der Waals surface area contributed by atoms with E-state index in [4.69, 9.17) is 0 Å². The van der Waals surface area contributed by atoms with E-state index in [1.807, 2.05) is 13.8 Å². The molecule has 0 saturated carbocycles. The lowest BCUT2D eigenvalue weighted by molar-refractivity contribution is -0.159. The van der Waals surface area contributed by atoms with Gasteiger partial charge in [-0.05, 0) is 34.1 Å². The van der Waals surface area contributed by atoms with Gasteiger partial charge in [-0.3, -0.25) is 9.59 Å². The first kappa shape index (κ1) is 16.0. The van der Waals surface area contributed by atoms with E-state index in [1.54, 1.807) is 18.7 Å². The average Bonchev–Trinajstić information content (AvgIpc) is 2.30. The largest absolute Gasteiger partial charge is 0.340 e. The smallest absolute Gasteiger partial charge is 0.248 e. The summed E-state index contributed by atoms with van der Waals surface area (Å²) in [5, 5.41) is 2.81. The quantitative estimate of drug-likeness (QED) is 0.752. The molecule has 4 nitrogen and oxygen atoms in total. The highest BCUT2D eigenvalue weighted by Crippen LogP contribution is 2.26. The second-order valence-corrected chi connectivity index (χ2v) is 6.51. The molecule has 1 aliphatic rings. The van der Waals surface area contributed by atoms with E-state index in [0.717, 1.165) is 12.8 Å². The third-order valence-electron chi connectivity index (χ3n) is 3.92. The second-order valence-electron chi connectivity index (χ2n) is 6.51. The van der Waals surface area contributed by atoms with Crippen LogP contribution in [0.25, 0.3) is 0 Å². The standard InChI is InChI=1S/C15H28N2O2/c1-6-7-8-9-10-11-17-13(19)14(2,3)16-12(18)15(17,4)5/h6-11H2,1-5H3,(H,16,18). The van der Waals surface area contributed by atoms with Crippen LogP contribution in [0.5, 0.6) is 0 Å². The molecule has 0 bridgehead atoms. The number of hydrogen-bond acceptors (Lipinski definition) is 2. The minimum absolute atomic E-state index is 0.0209. The third kappa shape index (κ3) is 3.48. The normalized spacial score (nSPS) is 21.4. The fourth-order valence-corrected chi connectivity index (χ4v) is 2.46. The Morgan fingerprint density at radius 1 is 1.00 bits per heavy atom. The SMILES string of the molecule is CCCCCCCN1C(=O)C(C)(C)NC(=O)C1(C)C. The molecule has 0 atom stereocenters. The third-order valence-corrected chi connectivity index (χ3v) is 3.92. The Bertz CT molecular complexity index is 348. The zero-order chi connectivity index (χ0) is 14.7. The molecular weight excluding hydrogens is 240 g/mol. The molecule has 0 unspecified atom stereocenters. The lowest BCUT2D eigenvalue weighted by atomic mass is 9.89. The van der Waals surface area contributed by atoms with Gasteiger partial charge in [0.25, 0.3) is 0 Å². The predicted molar refractivity (Wildman–Crippen MR) is 76.8 cm³/mol. The second kappa shape index (κ2) is 5.93. The number of carbonyl (C=O) groups excluding carboxylic acids is 2. The summed E-state index contributed by atoms with van der Waals surface area (Å²) in [6, 6.07) is 0. The molecule has 1 heterocycles. The van der Waals surface area contributed by atoms with Crippen molar-refractivity contribution in [3.8, 4) is 0 Å². The first-order chi connectivity index (χ1) is 8.73. The molecule has 19 heavy (non-hydrogen) atoms. The summed E-state index contributed by atoms with van der Waals surface area (Å²) in [5.74, 6) is -0.0433. The predicted octanol–water partition coefficient (Wildman–Crippen LogP) is 2.47. The fourth-order valence-electron chi connectivity index (χ4n) is 2.46. The lowest BCUT2D eigenvalue weighted by Gasteiger charge is -2.47. The molecular formula is C15H28N2O2. The topological polar surface area (TPSA) is 49.4 Å². The van der Waals surface area contributed by atoms with Crippen molar-refractivity contribution in [1.29, 1.82) is 0 Å². The van der Waals surface area contributed by atoms with Crippen molar-refractivity contribution in [3.63, 3.8) is 0 Å². The summed E-state index contributed by atoms with van der Waals surface area (Å²) in [5.41, 5.74) is -1.52. The summed E-state index contributed by atoms with van der Waals surface area (Å²) in [4.78, 5) is 26.3. The van der Waals surface area contributed by atoms with E-state index in [2.05, 4.69) is 12.2 Å². The number of carbonyl (C=O) groups is 2. The Hall–Kier alpha value is -1.06. The van der Waals surface area contributed by atoms with Crippen LogP contribution in [0.2, 0.25) is 0 Å². The van der Waals surface area contributed by atoms with Crippen LogP contribution in [0.15, 0.2) is 0 Å². The Labute approximate surface area is 116 Å². The molecule has 1 aliphatic heterocycles. The van der Waals surface area contributed by atoms with Crippen molar-refractivity contribution in [2.24, 2.45) is 0 Å². The zero-order valence-corrected chi connectivity index (χ0v) is 13.0. The van der Waals surface area contributed by atoms with E-state index < -0.39 is 11.1 Å². The van der Waals surface area contributed by atoms with Crippen LogP contribution >= 0.6 is 0 Å². The molecule has 1 saturated heterocycles. The number of rotatable bonds is 6.